The molecule has 150 valence electrons. The summed E-state index contributed by atoms with van der Waals surface area (Å²) < 4.78 is 0. The van der Waals surface area contributed by atoms with Crippen LogP contribution in [0.3, 0.4) is 0 Å². The van der Waals surface area contributed by atoms with Crippen LogP contribution in [0.2, 0.25) is 10.0 Å². The largest absolute Gasteiger partial charge is 0.358 e. The molecule has 0 atom stereocenters. The molecule has 0 radical (unpaired) electrons. The number of aromatic nitrogens is 1. The van der Waals surface area contributed by atoms with Crippen LogP contribution < -0.4 is 5.32 Å². The summed E-state index contributed by atoms with van der Waals surface area (Å²) in [5.41, 5.74) is 3.94. The van der Waals surface area contributed by atoms with Crippen molar-refractivity contribution >= 4 is 51.5 Å². The van der Waals surface area contributed by atoms with Gasteiger partial charge in [-0.3, -0.25) is 9.59 Å². The molecule has 0 bridgehead atoms. The van der Waals surface area contributed by atoms with Crippen LogP contribution in [0.15, 0.2) is 30.3 Å². The molecular formula is C23H22Cl2N2O2. The van der Waals surface area contributed by atoms with Gasteiger partial charge in [-0.15, -0.1) is 0 Å². The number of fused-ring (bicyclic) bond motifs is 1. The lowest BCUT2D eigenvalue weighted by Crippen LogP contribution is -2.22. The molecule has 1 fully saturated rings. The van der Waals surface area contributed by atoms with Crippen LogP contribution in [0.5, 0.6) is 0 Å². The minimum Gasteiger partial charge on any atom is -0.358 e. The minimum atomic E-state index is -0.296. The first-order valence-corrected chi connectivity index (χ1v) is 10.6. The average Bonchev–Trinajstić information content (AvgIpc) is 3.31. The topological polar surface area (TPSA) is 62.0 Å². The van der Waals surface area contributed by atoms with Gasteiger partial charge >= 0.3 is 0 Å². The summed E-state index contributed by atoms with van der Waals surface area (Å²) in [6.07, 6.45) is 3.90. The molecule has 2 aromatic carbocycles. The second-order valence-corrected chi connectivity index (χ2v) is 8.50. The van der Waals surface area contributed by atoms with E-state index in [2.05, 4.69) is 10.3 Å². The number of aromatic amines is 1. The molecule has 1 aromatic heterocycles. The van der Waals surface area contributed by atoms with Crippen molar-refractivity contribution in [2.45, 2.75) is 39.5 Å². The van der Waals surface area contributed by atoms with Gasteiger partial charge in [0, 0.05) is 22.5 Å². The van der Waals surface area contributed by atoms with Crippen molar-refractivity contribution in [2.24, 2.45) is 5.92 Å². The Morgan fingerprint density at radius 1 is 1.00 bits per heavy atom. The molecule has 4 rings (SSSR count). The van der Waals surface area contributed by atoms with Crippen LogP contribution >= 0.6 is 23.2 Å². The molecule has 1 aliphatic rings. The summed E-state index contributed by atoms with van der Waals surface area (Å²) in [6, 6.07) is 8.67. The lowest BCUT2D eigenvalue weighted by Gasteiger charge is -2.16. The number of carbonyl (C=O) groups is 2. The van der Waals surface area contributed by atoms with E-state index >= 15 is 0 Å². The molecule has 1 saturated carbocycles. The van der Waals surface area contributed by atoms with E-state index in [-0.39, 0.29) is 33.2 Å². The van der Waals surface area contributed by atoms with Gasteiger partial charge in [0.1, 0.15) is 0 Å². The Morgan fingerprint density at radius 3 is 2.31 bits per heavy atom. The maximum absolute atomic E-state index is 13.7. The van der Waals surface area contributed by atoms with Crippen LogP contribution in [-0.4, -0.2) is 16.7 Å². The monoisotopic (exact) mass is 428 g/mol. The Balaban J connectivity index is 1.89. The van der Waals surface area contributed by atoms with Crippen molar-refractivity contribution < 1.29 is 9.59 Å². The van der Waals surface area contributed by atoms with Crippen molar-refractivity contribution in [2.75, 3.05) is 5.32 Å². The number of halogens is 2. The van der Waals surface area contributed by atoms with E-state index in [0.717, 1.165) is 47.8 Å². The van der Waals surface area contributed by atoms with Gasteiger partial charge in [-0.1, -0.05) is 42.1 Å². The van der Waals surface area contributed by atoms with E-state index in [4.69, 9.17) is 23.2 Å². The number of nitrogens with one attached hydrogen (secondary N) is 2. The Morgan fingerprint density at radius 2 is 1.66 bits per heavy atom. The Kier molecular flexibility index (Phi) is 5.41. The van der Waals surface area contributed by atoms with Crippen LogP contribution in [0, 0.1) is 19.8 Å². The second kappa shape index (κ2) is 7.85. The van der Waals surface area contributed by atoms with Gasteiger partial charge in [-0.25, -0.2) is 0 Å². The number of anilines is 1. The molecule has 3 aromatic rings. The van der Waals surface area contributed by atoms with Crippen molar-refractivity contribution in [3.63, 3.8) is 0 Å². The van der Waals surface area contributed by atoms with Crippen molar-refractivity contribution in [3.8, 4) is 0 Å². The summed E-state index contributed by atoms with van der Waals surface area (Å²) in [6.45, 7) is 3.92. The highest BCUT2D eigenvalue weighted by Gasteiger charge is 2.27. The average molecular weight is 429 g/mol. The number of rotatable bonds is 4. The number of H-pyrrole nitrogens is 1. The van der Waals surface area contributed by atoms with E-state index in [0.29, 0.717) is 11.3 Å². The van der Waals surface area contributed by atoms with E-state index in [1.54, 1.807) is 24.3 Å². The maximum atomic E-state index is 13.7. The quantitative estimate of drug-likeness (QED) is 0.468. The highest BCUT2D eigenvalue weighted by molar-refractivity contribution is 6.42. The molecule has 0 spiro atoms. The SMILES string of the molecule is Cc1[nH]c2ccc(NC(=O)C3CCCC3)c(C(=O)c3c(Cl)cccc3Cl)c2c1C. The van der Waals surface area contributed by atoms with Crippen molar-refractivity contribution in [1.82, 2.24) is 4.98 Å². The predicted molar refractivity (Wildman–Crippen MR) is 118 cm³/mol. The molecular weight excluding hydrogens is 407 g/mol. The molecule has 2 N–H and O–H groups in total. The summed E-state index contributed by atoms with van der Waals surface area (Å²) in [5, 5.41) is 4.37. The molecule has 4 nitrogen and oxygen atoms in total. The second-order valence-electron chi connectivity index (χ2n) is 7.68. The summed E-state index contributed by atoms with van der Waals surface area (Å²) in [7, 11) is 0. The number of amides is 1. The zero-order valence-corrected chi connectivity index (χ0v) is 17.9. The smallest absolute Gasteiger partial charge is 0.227 e. The number of aryl methyl sites for hydroxylation is 2. The van der Waals surface area contributed by atoms with Crippen LogP contribution in [0.25, 0.3) is 10.9 Å². The predicted octanol–water partition coefficient (Wildman–Crippen LogP) is 6.45. The minimum absolute atomic E-state index is 0.00777. The Labute approximate surface area is 179 Å². The standard InChI is InChI=1S/C23H22Cl2N2O2/c1-12-13(2)26-17-10-11-18(27-23(29)14-6-3-4-7-14)21(19(12)17)22(28)20-15(24)8-5-9-16(20)25/h5,8-11,14,26H,3-4,6-7H2,1-2H3,(H,27,29). The van der Waals surface area contributed by atoms with Gasteiger partial charge in [0.25, 0.3) is 0 Å². The third kappa shape index (κ3) is 3.56. The van der Waals surface area contributed by atoms with Gasteiger partial charge in [0.05, 0.1) is 26.9 Å². The first-order valence-electron chi connectivity index (χ1n) is 9.80. The first-order chi connectivity index (χ1) is 13.9. The molecule has 29 heavy (non-hydrogen) atoms. The number of benzene rings is 2. The van der Waals surface area contributed by atoms with Crippen molar-refractivity contribution in [3.05, 3.63) is 62.8 Å². The van der Waals surface area contributed by atoms with Gasteiger partial charge in [-0.05, 0) is 56.5 Å². The molecule has 0 aliphatic heterocycles. The first kappa shape index (κ1) is 20.0. The lowest BCUT2D eigenvalue weighted by atomic mass is 9.95. The molecule has 1 aliphatic carbocycles. The van der Waals surface area contributed by atoms with E-state index in [9.17, 15) is 9.59 Å². The molecule has 1 amide bonds. The molecule has 1 heterocycles. The normalized spacial score (nSPS) is 14.5. The van der Waals surface area contributed by atoms with E-state index in [1.165, 1.54) is 0 Å². The van der Waals surface area contributed by atoms with Crippen LogP contribution in [-0.2, 0) is 4.79 Å². The van der Waals surface area contributed by atoms with Gasteiger partial charge in [-0.2, -0.15) is 0 Å². The van der Waals surface area contributed by atoms with Gasteiger partial charge in [0.2, 0.25) is 5.91 Å². The summed E-state index contributed by atoms with van der Waals surface area (Å²) >= 11 is 12.7. The van der Waals surface area contributed by atoms with Gasteiger partial charge in [0.15, 0.2) is 5.78 Å². The zero-order chi connectivity index (χ0) is 20.7. The van der Waals surface area contributed by atoms with Crippen LogP contribution in [0.4, 0.5) is 5.69 Å². The molecule has 0 saturated heterocycles. The van der Waals surface area contributed by atoms with Gasteiger partial charge < -0.3 is 10.3 Å². The highest BCUT2D eigenvalue weighted by atomic mass is 35.5. The summed E-state index contributed by atoms with van der Waals surface area (Å²) in [5.74, 6) is -0.340. The zero-order valence-electron chi connectivity index (χ0n) is 16.4. The van der Waals surface area contributed by atoms with E-state index < -0.39 is 0 Å². The maximum Gasteiger partial charge on any atom is 0.227 e. The Hall–Kier alpha value is -2.30. The molecule has 6 heteroatoms. The van der Waals surface area contributed by atoms with E-state index in [1.807, 2.05) is 19.9 Å². The third-order valence-corrected chi connectivity index (χ3v) is 6.50. The number of hydrogen-bond donors (Lipinski definition) is 2. The highest BCUT2D eigenvalue weighted by Crippen LogP contribution is 2.36. The summed E-state index contributed by atoms with van der Waals surface area (Å²) in [4.78, 5) is 29.8. The van der Waals surface area contributed by atoms with Crippen molar-refractivity contribution in [1.29, 1.82) is 0 Å². The fraction of sp³-hybridized carbons (Fsp3) is 0.304. The fourth-order valence-corrected chi connectivity index (χ4v) is 4.75. The Bertz CT molecular complexity index is 1110. The van der Waals surface area contributed by atoms with Crippen LogP contribution in [0.1, 0.15) is 52.9 Å². The number of ketones is 1. The fourth-order valence-electron chi connectivity index (χ4n) is 4.18. The lowest BCUT2D eigenvalue weighted by molar-refractivity contribution is -0.119. The number of carbonyl (C=O) groups excluding carboxylic acids is 2. The number of hydrogen-bond acceptors (Lipinski definition) is 2. The molecule has 0 unspecified atom stereocenters. The third-order valence-electron chi connectivity index (χ3n) is 5.87.